The monoisotopic (exact) mass is 381 g/mol. The summed E-state index contributed by atoms with van der Waals surface area (Å²) in [5, 5.41) is 4.37. The summed E-state index contributed by atoms with van der Waals surface area (Å²) in [5.74, 6) is 0.118. The zero-order valence-corrected chi connectivity index (χ0v) is 16.6. The molecule has 0 spiro atoms. The number of amides is 2. The predicted octanol–water partition coefficient (Wildman–Crippen LogP) is 4.06. The van der Waals surface area contributed by atoms with Crippen LogP contribution in [0.15, 0.2) is 24.3 Å². The lowest BCUT2D eigenvalue weighted by Gasteiger charge is -2.27. The van der Waals surface area contributed by atoms with E-state index in [1.54, 1.807) is 0 Å². The number of rotatable bonds is 4. The zero-order valence-electron chi connectivity index (χ0n) is 16.6. The van der Waals surface area contributed by atoms with Crippen LogP contribution in [0.4, 0.5) is 0 Å². The van der Waals surface area contributed by atoms with Crippen molar-refractivity contribution >= 4 is 22.7 Å². The molecule has 5 nitrogen and oxygen atoms in total. The van der Waals surface area contributed by atoms with Gasteiger partial charge in [-0.3, -0.25) is 9.59 Å². The van der Waals surface area contributed by atoms with Gasteiger partial charge in [0, 0.05) is 60.6 Å². The molecule has 1 fully saturated rings. The topological polar surface area (TPSA) is 65.2 Å². The first kappa shape index (κ1) is 19.0. The molecule has 1 aliphatic carbocycles. The third-order valence-electron chi connectivity index (χ3n) is 6.27. The second kappa shape index (κ2) is 8.80. The van der Waals surface area contributed by atoms with Crippen LogP contribution in [-0.4, -0.2) is 34.3 Å². The standard InChI is InChI=1S/C23H31N3O2/c27-22(24-17-8-4-2-1-3-5-9-17)12-13-23(28)26-15-14-21-19(16-26)18-10-6-7-11-20(18)25-21/h6-7,10-11,17,25H,1-5,8-9,12-16H2,(H,24,27). The van der Waals surface area contributed by atoms with E-state index >= 15 is 0 Å². The molecule has 0 unspecified atom stereocenters. The number of H-pyrrole nitrogens is 1. The fourth-order valence-electron chi connectivity index (χ4n) is 4.66. The SMILES string of the molecule is O=C(CCC(=O)N1CCc2[nH]c3ccccc3c2C1)NC1CCCCCCC1. The summed E-state index contributed by atoms with van der Waals surface area (Å²) in [4.78, 5) is 30.4. The first-order valence-corrected chi connectivity index (χ1v) is 10.9. The first-order valence-electron chi connectivity index (χ1n) is 10.9. The van der Waals surface area contributed by atoms with Crippen LogP contribution in [0, 0.1) is 0 Å². The van der Waals surface area contributed by atoms with E-state index in [0.717, 1.165) is 31.3 Å². The Hall–Kier alpha value is -2.30. The summed E-state index contributed by atoms with van der Waals surface area (Å²) in [6, 6.07) is 8.56. The van der Waals surface area contributed by atoms with Gasteiger partial charge in [-0.05, 0) is 18.9 Å². The van der Waals surface area contributed by atoms with E-state index in [-0.39, 0.29) is 11.8 Å². The van der Waals surface area contributed by atoms with Crippen LogP contribution in [-0.2, 0) is 22.6 Å². The maximum absolute atomic E-state index is 12.7. The lowest BCUT2D eigenvalue weighted by molar-refractivity contribution is -0.134. The average molecular weight is 382 g/mol. The van der Waals surface area contributed by atoms with Gasteiger partial charge in [-0.15, -0.1) is 0 Å². The number of para-hydroxylation sites is 1. The molecule has 0 saturated heterocycles. The Morgan fingerprint density at radius 2 is 1.79 bits per heavy atom. The number of carbonyl (C=O) groups excluding carboxylic acids is 2. The molecule has 0 radical (unpaired) electrons. The number of aromatic amines is 1. The van der Waals surface area contributed by atoms with Crippen molar-refractivity contribution in [3.8, 4) is 0 Å². The van der Waals surface area contributed by atoms with E-state index in [0.29, 0.717) is 25.4 Å². The third kappa shape index (κ3) is 4.40. The van der Waals surface area contributed by atoms with Crippen LogP contribution in [0.3, 0.4) is 0 Å². The molecule has 4 rings (SSSR count). The number of hydrogen-bond acceptors (Lipinski definition) is 2. The van der Waals surface area contributed by atoms with E-state index in [2.05, 4.69) is 22.4 Å². The molecule has 2 N–H and O–H groups in total. The third-order valence-corrected chi connectivity index (χ3v) is 6.27. The van der Waals surface area contributed by atoms with E-state index in [9.17, 15) is 9.59 Å². The average Bonchev–Trinajstić information content (AvgIpc) is 3.06. The highest BCUT2D eigenvalue weighted by molar-refractivity contribution is 5.87. The lowest BCUT2D eigenvalue weighted by atomic mass is 9.96. The number of nitrogens with one attached hydrogen (secondary N) is 2. The number of benzene rings is 1. The quantitative estimate of drug-likeness (QED) is 0.839. The van der Waals surface area contributed by atoms with Crippen molar-refractivity contribution in [2.45, 2.75) is 76.8 Å². The zero-order chi connectivity index (χ0) is 19.3. The Balaban J connectivity index is 1.29. The van der Waals surface area contributed by atoms with E-state index < -0.39 is 0 Å². The van der Waals surface area contributed by atoms with Crippen LogP contribution < -0.4 is 5.32 Å². The Kier molecular flexibility index (Phi) is 5.98. The van der Waals surface area contributed by atoms with Gasteiger partial charge in [0.05, 0.1) is 0 Å². The summed E-state index contributed by atoms with van der Waals surface area (Å²) >= 11 is 0. The smallest absolute Gasteiger partial charge is 0.223 e. The molecule has 2 aliphatic rings. The van der Waals surface area contributed by atoms with Gasteiger partial charge in [0.25, 0.3) is 0 Å². The summed E-state index contributed by atoms with van der Waals surface area (Å²) in [7, 11) is 0. The van der Waals surface area contributed by atoms with Crippen LogP contribution >= 0.6 is 0 Å². The number of hydrogen-bond donors (Lipinski definition) is 2. The van der Waals surface area contributed by atoms with Crippen molar-refractivity contribution in [3.63, 3.8) is 0 Å². The number of carbonyl (C=O) groups is 2. The van der Waals surface area contributed by atoms with Crippen molar-refractivity contribution in [3.05, 3.63) is 35.5 Å². The molecule has 28 heavy (non-hydrogen) atoms. The molecule has 2 heterocycles. The van der Waals surface area contributed by atoms with Crippen LogP contribution in [0.1, 0.15) is 69.0 Å². The molecule has 5 heteroatoms. The van der Waals surface area contributed by atoms with E-state index in [1.165, 1.54) is 48.7 Å². The number of nitrogens with zero attached hydrogens (tertiary/aromatic N) is 1. The second-order valence-corrected chi connectivity index (χ2v) is 8.30. The summed E-state index contributed by atoms with van der Waals surface area (Å²) in [6.45, 7) is 1.37. The largest absolute Gasteiger partial charge is 0.358 e. The molecule has 1 aliphatic heterocycles. The summed E-state index contributed by atoms with van der Waals surface area (Å²) in [6.07, 6.45) is 9.88. The van der Waals surface area contributed by atoms with Gasteiger partial charge >= 0.3 is 0 Å². The molecular formula is C23H31N3O2. The second-order valence-electron chi connectivity index (χ2n) is 8.30. The van der Waals surface area contributed by atoms with E-state index in [1.807, 2.05) is 17.0 Å². The first-order chi connectivity index (χ1) is 13.7. The van der Waals surface area contributed by atoms with Gasteiger partial charge in [0.2, 0.25) is 11.8 Å². The van der Waals surface area contributed by atoms with Crippen LogP contribution in [0.2, 0.25) is 0 Å². The van der Waals surface area contributed by atoms with Gasteiger partial charge in [-0.25, -0.2) is 0 Å². The fourth-order valence-corrected chi connectivity index (χ4v) is 4.66. The van der Waals surface area contributed by atoms with Gasteiger partial charge < -0.3 is 15.2 Å². The maximum atomic E-state index is 12.7. The van der Waals surface area contributed by atoms with Crippen molar-refractivity contribution in [1.82, 2.24) is 15.2 Å². The van der Waals surface area contributed by atoms with Gasteiger partial charge in [0.15, 0.2) is 0 Å². The minimum atomic E-state index is 0.0312. The van der Waals surface area contributed by atoms with Crippen molar-refractivity contribution < 1.29 is 9.59 Å². The molecule has 1 saturated carbocycles. The number of aromatic nitrogens is 1. The maximum Gasteiger partial charge on any atom is 0.223 e. The minimum absolute atomic E-state index is 0.0312. The van der Waals surface area contributed by atoms with Crippen molar-refractivity contribution in [2.75, 3.05) is 6.54 Å². The van der Waals surface area contributed by atoms with Crippen molar-refractivity contribution in [1.29, 1.82) is 0 Å². The highest BCUT2D eigenvalue weighted by Crippen LogP contribution is 2.28. The Bertz CT molecular complexity index is 833. The minimum Gasteiger partial charge on any atom is -0.358 e. The van der Waals surface area contributed by atoms with Crippen LogP contribution in [0.5, 0.6) is 0 Å². The highest BCUT2D eigenvalue weighted by atomic mass is 16.2. The normalized spacial score (nSPS) is 18.4. The van der Waals surface area contributed by atoms with Crippen molar-refractivity contribution in [2.24, 2.45) is 0 Å². The molecule has 150 valence electrons. The Morgan fingerprint density at radius 1 is 1.04 bits per heavy atom. The molecule has 1 aromatic heterocycles. The van der Waals surface area contributed by atoms with Gasteiger partial charge in [0.1, 0.15) is 0 Å². The van der Waals surface area contributed by atoms with E-state index in [4.69, 9.17) is 0 Å². The summed E-state index contributed by atoms with van der Waals surface area (Å²) in [5.41, 5.74) is 3.61. The van der Waals surface area contributed by atoms with Gasteiger partial charge in [-0.2, -0.15) is 0 Å². The van der Waals surface area contributed by atoms with Gasteiger partial charge in [-0.1, -0.05) is 50.3 Å². The molecule has 2 amide bonds. The number of fused-ring (bicyclic) bond motifs is 3. The lowest BCUT2D eigenvalue weighted by Crippen LogP contribution is -2.38. The highest BCUT2D eigenvalue weighted by Gasteiger charge is 2.24. The molecule has 0 atom stereocenters. The molecule has 2 aromatic rings. The Morgan fingerprint density at radius 3 is 2.61 bits per heavy atom. The summed E-state index contributed by atoms with van der Waals surface area (Å²) < 4.78 is 0. The molecular weight excluding hydrogens is 350 g/mol. The molecule has 0 bridgehead atoms. The molecule has 1 aromatic carbocycles. The predicted molar refractivity (Wildman–Crippen MR) is 111 cm³/mol. The fraction of sp³-hybridized carbons (Fsp3) is 0.565. The van der Waals surface area contributed by atoms with Crippen LogP contribution in [0.25, 0.3) is 10.9 Å². The Labute approximate surface area is 166 Å².